The Kier molecular flexibility index (Phi) is 7.66. The van der Waals surface area contributed by atoms with E-state index in [4.69, 9.17) is 0 Å². The minimum atomic E-state index is -0.139. The minimum absolute atomic E-state index is 0.0572. The molecule has 0 radical (unpaired) electrons. The van der Waals surface area contributed by atoms with Crippen molar-refractivity contribution in [2.45, 2.75) is 43.8 Å². The molecule has 0 unspecified atom stereocenters. The molecule has 2 aromatic rings. The van der Waals surface area contributed by atoms with Crippen molar-refractivity contribution in [3.05, 3.63) is 46.5 Å². The highest BCUT2D eigenvalue weighted by Gasteiger charge is 2.20. The first-order chi connectivity index (χ1) is 12.4. The molecule has 0 saturated carbocycles. The number of thioether (sulfide) groups is 1. The molecule has 2 amide bonds. The lowest BCUT2D eigenvalue weighted by atomic mass is 10.1. The third kappa shape index (κ3) is 5.85. The molecular formula is C19H25N3O2S2. The number of carbonyl (C=O) groups is 2. The Morgan fingerprint density at radius 2 is 2.04 bits per heavy atom. The number of rotatable bonds is 8. The molecule has 1 aromatic heterocycles. The molecule has 1 aromatic carbocycles. The number of thiazole rings is 1. The zero-order valence-electron chi connectivity index (χ0n) is 15.6. The summed E-state index contributed by atoms with van der Waals surface area (Å²) in [5.74, 6) is 0.420. The van der Waals surface area contributed by atoms with Crippen LogP contribution >= 0.6 is 23.1 Å². The molecule has 0 saturated heterocycles. The van der Waals surface area contributed by atoms with E-state index in [2.05, 4.69) is 10.3 Å². The fraction of sp³-hybridized carbons (Fsp3) is 0.421. The molecule has 140 valence electrons. The summed E-state index contributed by atoms with van der Waals surface area (Å²) in [6.45, 7) is 8.22. The smallest absolute Gasteiger partial charge is 0.254 e. The predicted octanol–water partition coefficient (Wildman–Crippen LogP) is 3.73. The van der Waals surface area contributed by atoms with Gasteiger partial charge in [0.15, 0.2) is 0 Å². The molecule has 5 nitrogen and oxygen atoms in total. The summed E-state index contributed by atoms with van der Waals surface area (Å²) >= 11 is 3.24. The first-order valence-corrected chi connectivity index (χ1v) is 10.5. The number of nitrogens with one attached hydrogen (secondary N) is 1. The van der Waals surface area contributed by atoms with Crippen molar-refractivity contribution >= 4 is 34.9 Å². The van der Waals surface area contributed by atoms with Crippen LogP contribution < -0.4 is 5.32 Å². The van der Waals surface area contributed by atoms with E-state index in [9.17, 15) is 9.59 Å². The lowest BCUT2D eigenvalue weighted by Crippen LogP contribution is -2.42. The van der Waals surface area contributed by atoms with Gasteiger partial charge in [0, 0.05) is 35.0 Å². The standard InChI is InChI=1S/C19H25N3O2S2/c1-5-22(10-17(23)20-13(2)3)18(24)16-9-7-6-8-15(16)12-26-19-21-14(4)11-25-19/h6-9,11,13H,5,10,12H2,1-4H3,(H,20,23). The number of amides is 2. The number of aromatic nitrogens is 1. The van der Waals surface area contributed by atoms with Crippen LogP contribution in [0, 0.1) is 6.92 Å². The number of aryl methyl sites for hydroxylation is 1. The maximum atomic E-state index is 13.0. The van der Waals surface area contributed by atoms with Crippen LogP contribution in [0.4, 0.5) is 0 Å². The summed E-state index contributed by atoms with van der Waals surface area (Å²) < 4.78 is 0.994. The summed E-state index contributed by atoms with van der Waals surface area (Å²) in [4.78, 5) is 31.0. The highest BCUT2D eigenvalue weighted by atomic mass is 32.2. The third-order valence-corrected chi connectivity index (χ3v) is 5.84. The van der Waals surface area contributed by atoms with Crippen LogP contribution in [-0.4, -0.2) is 40.8 Å². The molecular weight excluding hydrogens is 366 g/mol. The molecule has 26 heavy (non-hydrogen) atoms. The van der Waals surface area contributed by atoms with Gasteiger partial charge in [-0.2, -0.15) is 0 Å². The number of carbonyl (C=O) groups excluding carboxylic acids is 2. The molecule has 0 spiro atoms. The monoisotopic (exact) mass is 391 g/mol. The summed E-state index contributed by atoms with van der Waals surface area (Å²) in [6.07, 6.45) is 0. The maximum Gasteiger partial charge on any atom is 0.254 e. The van der Waals surface area contributed by atoms with Gasteiger partial charge in [-0.1, -0.05) is 30.0 Å². The van der Waals surface area contributed by atoms with Crippen LogP contribution in [-0.2, 0) is 10.5 Å². The summed E-state index contributed by atoms with van der Waals surface area (Å²) in [7, 11) is 0. The SMILES string of the molecule is CCN(CC(=O)NC(C)C)C(=O)c1ccccc1CSc1nc(C)cs1. The van der Waals surface area contributed by atoms with Gasteiger partial charge >= 0.3 is 0 Å². The van der Waals surface area contributed by atoms with Crippen molar-refractivity contribution in [2.75, 3.05) is 13.1 Å². The Bertz CT molecular complexity index is 759. The van der Waals surface area contributed by atoms with Crippen molar-refractivity contribution in [1.82, 2.24) is 15.2 Å². The second-order valence-corrected chi connectivity index (χ2v) is 8.32. The third-order valence-electron chi connectivity index (χ3n) is 3.65. The molecule has 0 aliphatic carbocycles. The number of hydrogen-bond donors (Lipinski definition) is 1. The van der Waals surface area contributed by atoms with Gasteiger partial charge in [-0.05, 0) is 39.3 Å². The first-order valence-electron chi connectivity index (χ1n) is 8.62. The van der Waals surface area contributed by atoms with E-state index in [1.807, 2.05) is 57.3 Å². The van der Waals surface area contributed by atoms with Gasteiger partial charge < -0.3 is 10.2 Å². The van der Waals surface area contributed by atoms with Crippen LogP contribution in [0.15, 0.2) is 34.0 Å². The lowest BCUT2D eigenvalue weighted by molar-refractivity contribution is -0.122. The summed E-state index contributed by atoms with van der Waals surface area (Å²) in [5, 5.41) is 4.85. The summed E-state index contributed by atoms with van der Waals surface area (Å²) in [6, 6.07) is 7.64. The Morgan fingerprint density at radius 1 is 1.31 bits per heavy atom. The molecule has 1 heterocycles. The topological polar surface area (TPSA) is 62.3 Å². The van der Waals surface area contributed by atoms with Crippen molar-refractivity contribution in [3.8, 4) is 0 Å². The second kappa shape index (κ2) is 9.73. The molecule has 0 aliphatic heterocycles. The Hall–Kier alpha value is -1.86. The van der Waals surface area contributed by atoms with E-state index < -0.39 is 0 Å². The number of nitrogens with zero attached hydrogens (tertiary/aromatic N) is 2. The van der Waals surface area contributed by atoms with E-state index in [0.29, 0.717) is 17.9 Å². The van der Waals surface area contributed by atoms with Gasteiger partial charge in [0.2, 0.25) is 5.91 Å². The lowest BCUT2D eigenvalue weighted by Gasteiger charge is -2.22. The predicted molar refractivity (Wildman–Crippen MR) is 108 cm³/mol. The quantitative estimate of drug-likeness (QED) is 0.697. The molecule has 0 bridgehead atoms. The van der Waals surface area contributed by atoms with E-state index >= 15 is 0 Å². The molecule has 0 atom stereocenters. The Labute approximate surface area is 163 Å². The van der Waals surface area contributed by atoms with Crippen molar-refractivity contribution in [1.29, 1.82) is 0 Å². The van der Waals surface area contributed by atoms with Gasteiger partial charge in [-0.15, -0.1) is 11.3 Å². The normalized spacial score (nSPS) is 10.8. The van der Waals surface area contributed by atoms with E-state index in [1.165, 1.54) is 0 Å². The van der Waals surface area contributed by atoms with E-state index in [1.54, 1.807) is 28.0 Å². The van der Waals surface area contributed by atoms with Gasteiger partial charge in [-0.25, -0.2) is 4.98 Å². The molecule has 7 heteroatoms. The minimum Gasteiger partial charge on any atom is -0.352 e. The zero-order chi connectivity index (χ0) is 19.1. The fourth-order valence-corrected chi connectivity index (χ4v) is 4.28. The van der Waals surface area contributed by atoms with Crippen LogP contribution in [0.3, 0.4) is 0 Å². The van der Waals surface area contributed by atoms with Crippen LogP contribution in [0.1, 0.15) is 42.4 Å². The van der Waals surface area contributed by atoms with Gasteiger partial charge in [0.25, 0.3) is 5.91 Å². The van der Waals surface area contributed by atoms with Crippen molar-refractivity contribution in [3.63, 3.8) is 0 Å². The maximum absolute atomic E-state index is 13.0. The second-order valence-electron chi connectivity index (χ2n) is 6.24. The molecule has 2 rings (SSSR count). The van der Waals surface area contributed by atoms with Crippen LogP contribution in [0.25, 0.3) is 0 Å². The fourth-order valence-electron chi connectivity index (χ4n) is 2.43. The van der Waals surface area contributed by atoms with E-state index in [-0.39, 0.29) is 24.4 Å². The van der Waals surface area contributed by atoms with Crippen molar-refractivity contribution in [2.24, 2.45) is 0 Å². The summed E-state index contributed by atoms with van der Waals surface area (Å²) in [5.41, 5.74) is 2.61. The molecule has 0 aliphatic rings. The number of benzene rings is 1. The average Bonchev–Trinajstić information content (AvgIpc) is 3.02. The zero-order valence-corrected chi connectivity index (χ0v) is 17.2. The van der Waals surface area contributed by atoms with Crippen LogP contribution in [0.5, 0.6) is 0 Å². The molecule has 1 N–H and O–H groups in total. The Morgan fingerprint density at radius 3 is 2.65 bits per heavy atom. The number of likely N-dealkylation sites (N-methyl/N-ethyl adjacent to an activating group) is 1. The largest absolute Gasteiger partial charge is 0.352 e. The van der Waals surface area contributed by atoms with Gasteiger partial charge in [0.05, 0.1) is 6.54 Å². The average molecular weight is 392 g/mol. The highest BCUT2D eigenvalue weighted by Crippen LogP contribution is 2.27. The molecule has 0 fully saturated rings. The van der Waals surface area contributed by atoms with Gasteiger partial charge in [-0.3, -0.25) is 9.59 Å². The van der Waals surface area contributed by atoms with Gasteiger partial charge in [0.1, 0.15) is 4.34 Å². The van der Waals surface area contributed by atoms with Crippen LogP contribution in [0.2, 0.25) is 0 Å². The number of hydrogen-bond acceptors (Lipinski definition) is 5. The first kappa shape index (κ1) is 20.5. The highest BCUT2D eigenvalue weighted by molar-refractivity contribution is 8.00. The van der Waals surface area contributed by atoms with E-state index in [0.717, 1.165) is 15.6 Å². The van der Waals surface area contributed by atoms with Crippen molar-refractivity contribution < 1.29 is 9.59 Å². The Balaban J connectivity index is 2.10.